The van der Waals surface area contributed by atoms with Crippen molar-refractivity contribution in [2.24, 2.45) is 0 Å². The Morgan fingerprint density at radius 3 is 2.74 bits per heavy atom. The molecule has 0 aliphatic heterocycles. The molecule has 5 nitrogen and oxygen atoms in total. The molecule has 3 aromatic rings. The minimum Gasteiger partial charge on any atom is -0.497 e. The van der Waals surface area contributed by atoms with Crippen molar-refractivity contribution in [2.75, 3.05) is 13.7 Å². The number of carbonyl (C=O) groups is 1. The first-order valence-corrected chi connectivity index (χ1v) is 11.8. The SMILES string of the molecule is COc1ccc(-n2c(SC(C)C(=O)NCCC3=CCCCC3)nc3ccccc32)cc1. The molecule has 1 aliphatic carbocycles. The van der Waals surface area contributed by atoms with E-state index in [9.17, 15) is 4.79 Å². The van der Waals surface area contributed by atoms with Gasteiger partial charge in [0.15, 0.2) is 5.16 Å². The summed E-state index contributed by atoms with van der Waals surface area (Å²) in [5, 5.41) is 3.67. The van der Waals surface area contributed by atoms with Crippen molar-refractivity contribution >= 4 is 28.7 Å². The maximum Gasteiger partial charge on any atom is 0.233 e. The van der Waals surface area contributed by atoms with Crippen LogP contribution in [0, 0.1) is 0 Å². The fraction of sp³-hybridized carbons (Fsp3) is 0.360. The maximum absolute atomic E-state index is 12.7. The van der Waals surface area contributed by atoms with Crippen LogP contribution in [0.15, 0.2) is 65.3 Å². The van der Waals surface area contributed by atoms with Gasteiger partial charge in [-0.05, 0) is 75.4 Å². The van der Waals surface area contributed by atoms with E-state index in [1.807, 2.05) is 49.4 Å². The van der Waals surface area contributed by atoms with Gasteiger partial charge in [0.2, 0.25) is 5.91 Å². The Labute approximate surface area is 187 Å². The lowest BCUT2D eigenvalue weighted by atomic mass is 9.97. The number of nitrogens with zero attached hydrogens (tertiary/aromatic N) is 2. The van der Waals surface area contributed by atoms with Crippen molar-refractivity contribution in [3.63, 3.8) is 0 Å². The summed E-state index contributed by atoms with van der Waals surface area (Å²) in [5.41, 5.74) is 4.41. The van der Waals surface area contributed by atoms with Gasteiger partial charge in [-0.25, -0.2) is 4.98 Å². The number of thioether (sulfide) groups is 1. The third kappa shape index (κ3) is 5.13. The summed E-state index contributed by atoms with van der Waals surface area (Å²) in [6.07, 6.45) is 8.20. The molecular weight excluding hydrogens is 406 g/mol. The lowest BCUT2D eigenvalue weighted by molar-refractivity contribution is -0.120. The van der Waals surface area contributed by atoms with Gasteiger partial charge in [0.25, 0.3) is 0 Å². The van der Waals surface area contributed by atoms with Gasteiger partial charge in [0.05, 0.1) is 23.4 Å². The molecule has 1 unspecified atom stereocenters. The number of imidazole rings is 1. The van der Waals surface area contributed by atoms with Crippen molar-refractivity contribution in [1.82, 2.24) is 14.9 Å². The highest BCUT2D eigenvalue weighted by Gasteiger charge is 2.20. The van der Waals surface area contributed by atoms with E-state index in [1.165, 1.54) is 43.0 Å². The topological polar surface area (TPSA) is 56.1 Å². The summed E-state index contributed by atoms with van der Waals surface area (Å²) in [7, 11) is 1.66. The third-order valence-electron chi connectivity index (χ3n) is 5.64. The van der Waals surface area contributed by atoms with Gasteiger partial charge < -0.3 is 10.1 Å². The number of benzene rings is 2. The largest absolute Gasteiger partial charge is 0.497 e. The summed E-state index contributed by atoms with van der Waals surface area (Å²) in [5.74, 6) is 0.859. The van der Waals surface area contributed by atoms with Crippen LogP contribution in [-0.2, 0) is 4.79 Å². The first-order valence-electron chi connectivity index (χ1n) is 10.9. The van der Waals surface area contributed by atoms with Crippen LogP contribution in [0.4, 0.5) is 0 Å². The zero-order valence-corrected chi connectivity index (χ0v) is 19.0. The highest BCUT2D eigenvalue weighted by atomic mass is 32.2. The van der Waals surface area contributed by atoms with Crippen LogP contribution in [0.5, 0.6) is 5.75 Å². The van der Waals surface area contributed by atoms with E-state index in [2.05, 4.69) is 22.0 Å². The Bertz CT molecular complexity index is 1070. The molecule has 0 radical (unpaired) electrons. The van der Waals surface area contributed by atoms with Crippen molar-refractivity contribution in [1.29, 1.82) is 0 Å². The van der Waals surface area contributed by atoms with Crippen molar-refractivity contribution < 1.29 is 9.53 Å². The van der Waals surface area contributed by atoms with Crippen LogP contribution >= 0.6 is 11.8 Å². The molecule has 0 saturated heterocycles. The quantitative estimate of drug-likeness (QED) is 0.374. The monoisotopic (exact) mass is 435 g/mol. The Balaban J connectivity index is 1.49. The Morgan fingerprint density at radius 1 is 1.19 bits per heavy atom. The van der Waals surface area contributed by atoms with E-state index < -0.39 is 0 Å². The molecule has 1 atom stereocenters. The average Bonchev–Trinajstić information content (AvgIpc) is 3.17. The zero-order valence-electron chi connectivity index (χ0n) is 18.1. The molecule has 0 saturated carbocycles. The van der Waals surface area contributed by atoms with E-state index >= 15 is 0 Å². The van der Waals surface area contributed by atoms with E-state index in [0.29, 0.717) is 6.54 Å². The summed E-state index contributed by atoms with van der Waals surface area (Å²) in [4.78, 5) is 17.5. The predicted octanol–water partition coefficient (Wildman–Crippen LogP) is 5.52. The average molecular weight is 436 g/mol. The van der Waals surface area contributed by atoms with Gasteiger partial charge in [0.1, 0.15) is 5.75 Å². The molecule has 1 aliphatic rings. The van der Waals surface area contributed by atoms with Crippen molar-refractivity contribution in [3.05, 3.63) is 60.2 Å². The van der Waals surface area contributed by atoms with E-state index in [4.69, 9.17) is 9.72 Å². The number of carbonyl (C=O) groups excluding carboxylic acids is 1. The molecule has 1 heterocycles. The number of ether oxygens (including phenoxy) is 1. The minimum absolute atomic E-state index is 0.0507. The number of rotatable bonds is 8. The molecule has 4 rings (SSSR count). The second-order valence-electron chi connectivity index (χ2n) is 7.83. The Hall–Kier alpha value is -2.73. The molecule has 6 heteroatoms. The molecule has 0 bridgehead atoms. The number of methoxy groups -OCH3 is 1. The number of nitrogens with one attached hydrogen (secondary N) is 1. The van der Waals surface area contributed by atoms with Gasteiger partial charge in [0, 0.05) is 12.2 Å². The summed E-state index contributed by atoms with van der Waals surface area (Å²) in [6, 6.07) is 16.0. The van der Waals surface area contributed by atoms with Crippen LogP contribution in [-0.4, -0.2) is 34.4 Å². The van der Waals surface area contributed by atoms with E-state index in [1.54, 1.807) is 7.11 Å². The number of hydrogen-bond donors (Lipinski definition) is 1. The number of para-hydroxylation sites is 2. The molecule has 1 N–H and O–H groups in total. The van der Waals surface area contributed by atoms with E-state index in [-0.39, 0.29) is 11.2 Å². The lowest BCUT2D eigenvalue weighted by Gasteiger charge is -2.15. The number of aromatic nitrogens is 2. The normalized spacial score (nSPS) is 14.8. The number of amides is 1. The second-order valence-corrected chi connectivity index (χ2v) is 9.13. The van der Waals surface area contributed by atoms with Gasteiger partial charge in [-0.3, -0.25) is 9.36 Å². The fourth-order valence-electron chi connectivity index (χ4n) is 3.90. The van der Waals surface area contributed by atoms with Crippen molar-refractivity contribution in [3.8, 4) is 11.4 Å². The highest BCUT2D eigenvalue weighted by Crippen LogP contribution is 2.31. The molecule has 162 valence electrons. The molecular formula is C25H29N3O2S. The van der Waals surface area contributed by atoms with Crippen LogP contribution in [0.3, 0.4) is 0 Å². The summed E-state index contributed by atoms with van der Waals surface area (Å²) in [6.45, 7) is 2.64. The van der Waals surface area contributed by atoms with Crippen LogP contribution < -0.4 is 10.1 Å². The van der Waals surface area contributed by atoms with Crippen LogP contribution in [0.2, 0.25) is 0 Å². The number of allylic oxidation sites excluding steroid dienone is 1. The Morgan fingerprint density at radius 2 is 2.00 bits per heavy atom. The lowest BCUT2D eigenvalue weighted by Crippen LogP contribution is -2.32. The standard InChI is InChI=1S/C25H29N3O2S/c1-18(24(29)26-17-16-19-8-4-3-5-9-19)31-25-27-22-10-6-7-11-23(22)28(25)20-12-14-21(30-2)15-13-20/h6-8,10-15,18H,3-5,9,16-17H2,1-2H3,(H,26,29). The van der Waals surface area contributed by atoms with Gasteiger partial charge in [-0.1, -0.05) is 35.5 Å². The Kier molecular flexibility index (Phi) is 6.97. The molecule has 2 aromatic carbocycles. The smallest absolute Gasteiger partial charge is 0.233 e. The molecule has 31 heavy (non-hydrogen) atoms. The van der Waals surface area contributed by atoms with Crippen LogP contribution in [0.25, 0.3) is 16.7 Å². The minimum atomic E-state index is -0.242. The van der Waals surface area contributed by atoms with E-state index in [0.717, 1.165) is 34.0 Å². The number of hydrogen-bond acceptors (Lipinski definition) is 4. The summed E-state index contributed by atoms with van der Waals surface area (Å²) >= 11 is 1.49. The van der Waals surface area contributed by atoms with Gasteiger partial charge >= 0.3 is 0 Å². The molecule has 0 fully saturated rings. The first-order chi connectivity index (χ1) is 15.2. The zero-order chi connectivity index (χ0) is 21.6. The first kappa shape index (κ1) is 21.5. The maximum atomic E-state index is 12.7. The van der Waals surface area contributed by atoms with Crippen LogP contribution in [0.1, 0.15) is 39.0 Å². The third-order valence-corrected chi connectivity index (χ3v) is 6.69. The second kappa shape index (κ2) is 10.1. The summed E-state index contributed by atoms with van der Waals surface area (Å²) < 4.78 is 7.40. The van der Waals surface area contributed by atoms with Crippen molar-refractivity contribution in [2.45, 2.75) is 49.4 Å². The molecule has 0 spiro atoms. The molecule has 1 aromatic heterocycles. The predicted molar refractivity (Wildman–Crippen MR) is 127 cm³/mol. The van der Waals surface area contributed by atoms with Gasteiger partial charge in [-0.2, -0.15) is 0 Å². The highest BCUT2D eigenvalue weighted by molar-refractivity contribution is 8.00. The molecule has 1 amide bonds. The fourth-order valence-corrected chi connectivity index (χ4v) is 4.86. The number of fused-ring (bicyclic) bond motifs is 1. The van der Waals surface area contributed by atoms with Gasteiger partial charge in [-0.15, -0.1) is 0 Å².